The maximum atomic E-state index is 12.5. The summed E-state index contributed by atoms with van der Waals surface area (Å²) in [5.41, 5.74) is 6.33. The lowest BCUT2D eigenvalue weighted by Crippen LogP contribution is -2.37. The molecule has 0 fully saturated rings. The number of unbranched alkanes of at least 4 members (excludes halogenated alkanes) is 3. The van der Waals surface area contributed by atoms with E-state index in [2.05, 4.69) is 22.2 Å². The zero-order valence-corrected chi connectivity index (χ0v) is 17.9. The van der Waals surface area contributed by atoms with Crippen LogP contribution in [0.4, 0.5) is 4.79 Å². The van der Waals surface area contributed by atoms with Crippen LogP contribution in [0.2, 0.25) is 0 Å². The Balaban J connectivity index is 2.47. The summed E-state index contributed by atoms with van der Waals surface area (Å²) in [5.74, 6) is 0.465. The van der Waals surface area contributed by atoms with Crippen molar-refractivity contribution >= 4 is 12.1 Å². The molecule has 0 aliphatic rings. The van der Waals surface area contributed by atoms with Gasteiger partial charge >= 0.3 is 6.09 Å². The predicted molar refractivity (Wildman–Crippen MR) is 114 cm³/mol. The number of amides is 1. The number of nitrogens with zero attached hydrogens (tertiary/aromatic N) is 3. The minimum atomic E-state index is -0.533. The number of guanidine groups is 1. The number of aromatic nitrogens is 1. The van der Waals surface area contributed by atoms with Gasteiger partial charge in [-0.1, -0.05) is 32.3 Å². The SMILES string of the molecule is CCCCCCNC(N)=NCCCN(Cc1cccnc1)C(=O)OC(C)(C)C. The molecule has 1 rings (SSSR count). The molecule has 0 saturated heterocycles. The standard InChI is InChI=1S/C21H37N5O2/c1-5-6-7-8-13-24-19(22)25-14-10-15-26(20(27)28-21(2,3)4)17-18-11-9-12-23-16-18/h9,11-12,16H,5-8,10,13-15,17H2,1-4H3,(H3,22,24,25). The number of hydrogen-bond donors (Lipinski definition) is 2. The van der Waals surface area contributed by atoms with Gasteiger partial charge in [0.05, 0.1) is 6.54 Å². The Morgan fingerprint density at radius 3 is 2.71 bits per heavy atom. The zero-order chi connectivity index (χ0) is 20.8. The highest BCUT2D eigenvalue weighted by Crippen LogP contribution is 2.13. The number of hydrogen-bond acceptors (Lipinski definition) is 4. The van der Waals surface area contributed by atoms with Crippen molar-refractivity contribution in [1.29, 1.82) is 0 Å². The summed E-state index contributed by atoms with van der Waals surface area (Å²) in [4.78, 5) is 22.7. The normalized spacial score (nSPS) is 11.9. The fourth-order valence-corrected chi connectivity index (χ4v) is 2.56. The molecule has 1 aromatic rings. The second kappa shape index (κ2) is 13.0. The zero-order valence-electron chi connectivity index (χ0n) is 17.9. The average molecular weight is 392 g/mol. The molecule has 1 amide bonds. The van der Waals surface area contributed by atoms with Crippen LogP contribution in [0, 0.1) is 0 Å². The van der Waals surface area contributed by atoms with E-state index in [4.69, 9.17) is 10.5 Å². The summed E-state index contributed by atoms with van der Waals surface area (Å²) in [5, 5.41) is 3.14. The van der Waals surface area contributed by atoms with Gasteiger partial charge in [0.25, 0.3) is 0 Å². The molecule has 1 aromatic heterocycles. The highest BCUT2D eigenvalue weighted by Gasteiger charge is 2.22. The first-order valence-electron chi connectivity index (χ1n) is 10.2. The summed E-state index contributed by atoms with van der Waals surface area (Å²) in [6, 6.07) is 3.81. The molecule has 0 aliphatic heterocycles. The van der Waals surface area contributed by atoms with Crippen molar-refractivity contribution in [3.63, 3.8) is 0 Å². The van der Waals surface area contributed by atoms with E-state index in [0.717, 1.165) is 18.5 Å². The van der Waals surface area contributed by atoms with E-state index in [1.54, 1.807) is 17.3 Å². The van der Waals surface area contributed by atoms with Crippen molar-refractivity contribution in [2.75, 3.05) is 19.6 Å². The first-order chi connectivity index (χ1) is 13.3. The lowest BCUT2D eigenvalue weighted by atomic mass is 10.2. The maximum Gasteiger partial charge on any atom is 0.410 e. The van der Waals surface area contributed by atoms with Crippen LogP contribution in [0.15, 0.2) is 29.5 Å². The number of nitrogens with one attached hydrogen (secondary N) is 1. The fourth-order valence-electron chi connectivity index (χ4n) is 2.56. The van der Waals surface area contributed by atoms with Crippen LogP contribution in [0.25, 0.3) is 0 Å². The molecule has 7 nitrogen and oxygen atoms in total. The highest BCUT2D eigenvalue weighted by molar-refractivity contribution is 5.77. The molecule has 0 unspecified atom stereocenters. The Hall–Kier alpha value is -2.31. The Morgan fingerprint density at radius 2 is 2.07 bits per heavy atom. The number of pyridine rings is 1. The average Bonchev–Trinajstić information content (AvgIpc) is 2.63. The molecular weight excluding hydrogens is 354 g/mol. The van der Waals surface area contributed by atoms with E-state index in [-0.39, 0.29) is 6.09 Å². The van der Waals surface area contributed by atoms with Gasteiger partial charge < -0.3 is 20.7 Å². The van der Waals surface area contributed by atoms with Gasteiger partial charge in [-0.2, -0.15) is 0 Å². The second-order valence-electron chi connectivity index (χ2n) is 7.87. The van der Waals surface area contributed by atoms with Crippen LogP contribution in [0.5, 0.6) is 0 Å². The van der Waals surface area contributed by atoms with Gasteiger partial charge in [0.15, 0.2) is 5.96 Å². The number of aliphatic imine (C=N–C) groups is 1. The predicted octanol–water partition coefficient (Wildman–Crippen LogP) is 3.69. The van der Waals surface area contributed by atoms with Crippen molar-refractivity contribution in [2.24, 2.45) is 10.7 Å². The van der Waals surface area contributed by atoms with Gasteiger partial charge in [0.2, 0.25) is 0 Å². The Kier molecular flexibility index (Phi) is 11.0. The van der Waals surface area contributed by atoms with Crippen LogP contribution < -0.4 is 11.1 Å². The van der Waals surface area contributed by atoms with Gasteiger partial charge in [-0.15, -0.1) is 0 Å². The summed E-state index contributed by atoms with van der Waals surface area (Å²) in [7, 11) is 0. The van der Waals surface area contributed by atoms with Gasteiger partial charge in [-0.25, -0.2) is 4.79 Å². The summed E-state index contributed by atoms with van der Waals surface area (Å²) in [6.45, 7) is 10.2. The minimum absolute atomic E-state index is 0.331. The number of carbonyl (C=O) groups excluding carboxylic acids is 1. The Morgan fingerprint density at radius 1 is 1.29 bits per heavy atom. The van der Waals surface area contributed by atoms with Crippen LogP contribution in [0.1, 0.15) is 65.4 Å². The van der Waals surface area contributed by atoms with Crippen LogP contribution in [0.3, 0.4) is 0 Å². The van der Waals surface area contributed by atoms with Crippen molar-refractivity contribution in [3.8, 4) is 0 Å². The monoisotopic (exact) mass is 391 g/mol. The maximum absolute atomic E-state index is 12.5. The quantitative estimate of drug-likeness (QED) is 0.341. The minimum Gasteiger partial charge on any atom is -0.444 e. The smallest absolute Gasteiger partial charge is 0.410 e. The van der Waals surface area contributed by atoms with E-state index < -0.39 is 5.60 Å². The van der Waals surface area contributed by atoms with Gasteiger partial charge in [-0.3, -0.25) is 9.98 Å². The molecule has 3 N–H and O–H groups in total. The highest BCUT2D eigenvalue weighted by atomic mass is 16.6. The molecular formula is C21H37N5O2. The van der Waals surface area contributed by atoms with Gasteiger partial charge in [0, 0.05) is 32.0 Å². The number of carbonyl (C=O) groups is 1. The van der Waals surface area contributed by atoms with Crippen molar-refractivity contribution < 1.29 is 9.53 Å². The number of rotatable bonds is 11. The molecule has 0 aromatic carbocycles. The molecule has 0 spiro atoms. The van der Waals surface area contributed by atoms with Gasteiger partial charge in [-0.05, 0) is 45.2 Å². The third-order valence-corrected chi connectivity index (χ3v) is 3.95. The van der Waals surface area contributed by atoms with Crippen molar-refractivity contribution in [2.45, 2.75) is 71.9 Å². The molecule has 0 aliphatic carbocycles. The van der Waals surface area contributed by atoms with E-state index in [1.165, 1.54) is 19.3 Å². The first kappa shape index (κ1) is 23.7. The molecule has 0 radical (unpaired) electrons. The molecule has 158 valence electrons. The molecule has 7 heteroatoms. The van der Waals surface area contributed by atoms with Crippen LogP contribution in [-0.4, -0.2) is 47.2 Å². The summed E-state index contributed by atoms with van der Waals surface area (Å²) >= 11 is 0. The van der Waals surface area contributed by atoms with Crippen LogP contribution >= 0.6 is 0 Å². The van der Waals surface area contributed by atoms with Crippen LogP contribution in [-0.2, 0) is 11.3 Å². The molecule has 1 heterocycles. The molecule has 0 bridgehead atoms. The Labute approximate surface area is 169 Å². The summed E-state index contributed by atoms with van der Waals surface area (Å²) < 4.78 is 5.53. The lowest BCUT2D eigenvalue weighted by molar-refractivity contribution is 0.0232. The third kappa shape index (κ3) is 11.4. The van der Waals surface area contributed by atoms with E-state index in [9.17, 15) is 4.79 Å². The summed E-state index contributed by atoms with van der Waals surface area (Å²) in [6.07, 6.45) is 8.62. The third-order valence-electron chi connectivity index (χ3n) is 3.95. The van der Waals surface area contributed by atoms with Crippen molar-refractivity contribution in [1.82, 2.24) is 15.2 Å². The van der Waals surface area contributed by atoms with Crippen molar-refractivity contribution in [3.05, 3.63) is 30.1 Å². The fraction of sp³-hybridized carbons (Fsp3) is 0.667. The Bertz CT molecular complexity index is 584. The largest absolute Gasteiger partial charge is 0.444 e. The number of ether oxygens (including phenoxy) is 1. The molecule has 0 atom stereocenters. The van der Waals surface area contributed by atoms with Gasteiger partial charge in [0.1, 0.15) is 5.60 Å². The number of nitrogens with two attached hydrogens (primary N) is 1. The molecule has 0 saturated carbocycles. The second-order valence-corrected chi connectivity index (χ2v) is 7.87. The molecule has 28 heavy (non-hydrogen) atoms. The van der Waals surface area contributed by atoms with E-state index >= 15 is 0 Å². The lowest BCUT2D eigenvalue weighted by Gasteiger charge is -2.27. The topological polar surface area (TPSA) is 92.8 Å². The van der Waals surface area contributed by atoms with E-state index in [1.807, 2.05) is 32.9 Å². The van der Waals surface area contributed by atoms with E-state index in [0.29, 0.717) is 32.0 Å². The first-order valence-corrected chi connectivity index (χ1v) is 10.2.